The lowest BCUT2D eigenvalue weighted by atomic mass is 10.1. The van der Waals surface area contributed by atoms with E-state index in [1.54, 1.807) is 12.1 Å². The van der Waals surface area contributed by atoms with Crippen LogP contribution in [0.15, 0.2) is 30.3 Å². The molecule has 1 heterocycles. The van der Waals surface area contributed by atoms with Gasteiger partial charge in [0.25, 0.3) is 5.91 Å². The molecule has 5 nitrogen and oxygen atoms in total. The number of urea groups is 1. The van der Waals surface area contributed by atoms with Gasteiger partial charge in [0.05, 0.1) is 12.5 Å². The van der Waals surface area contributed by atoms with Crippen LogP contribution < -0.4 is 5.32 Å². The normalized spacial score (nSPS) is 19.0. The molecule has 2 rings (SSSR count). The molecule has 1 saturated heterocycles. The van der Waals surface area contributed by atoms with E-state index < -0.39 is 12.1 Å². The first-order valence-electron chi connectivity index (χ1n) is 5.28. The third-order valence-electron chi connectivity index (χ3n) is 2.61. The largest absolute Gasteiger partial charge is 0.325 e. The molecule has 0 aromatic heterocycles. The van der Waals surface area contributed by atoms with E-state index in [9.17, 15) is 9.59 Å². The molecule has 0 spiro atoms. The van der Waals surface area contributed by atoms with E-state index >= 15 is 0 Å². The fraction of sp³-hybridized carbons (Fsp3) is 0.250. The van der Waals surface area contributed by atoms with E-state index in [-0.39, 0.29) is 18.9 Å². The van der Waals surface area contributed by atoms with Crippen LogP contribution in [0.2, 0.25) is 0 Å². The highest BCUT2D eigenvalue weighted by Gasteiger charge is 2.38. The third kappa shape index (κ3) is 2.11. The number of hydrogen-bond acceptors (Lipinski definition) is 3. The highest BCUT2D eigenvalue weighted by Crippen LogP contribution is 2.21. The maximum Gasteiger partial charge on any atom is 0.325 e. The Kier molecular flexibility index (Phi) is 3.06. The number of imide groups is 1. The van der Waals surface area contributed by atoms with Gasteiger partial charge in [-0.2, -0.15) is 5.26 Å². The van der Waals surface area contributed by atoms with Crippen molar-refractivity contribution in [1.82, 2.24) is 10.2 Å². The van der Waals surface area contributed by atoms with Gasteiger partial charge in [-0.25, -0.2) is 4.79 Å². The molecule has 17 heavy (non-hydrogen) atoms. The first-order chi connectivity index (χ1) is 8.24. The lowest BCUT2D eigenvalue weighted by Crippen LogP contribution is -2.31. The highest BCUT2D eigenvalue weighted by atomic mass is 16.2. The molecular weight excluding hydrogens is 218 g/mol. The molecule has 0 bridgehead atoms. The number of carbonyl (C=O) groups excluding carboxylic acids is 2. The maximum absolute atomic E-state index is 12.0. The molecule has 1 aromatic carbocycles. The SMILES string of the molecule is N#CCCN1C(=O)NC(c2ccccc2)C1=O. The van der Waals surface area contributed by atoms with Gasteiger partial charge in [-0.1, -0.05) is 30.3 Å². The molecule has 3 amide bonds. The summed E-state index contributed by atoms with van der Waals surface area (Å²) >= 11 is 0. The number of nitrogens with one attached hydrogen (secondary N) is 1. The monoisotopic (exact) mass is 229 g/mol. The van der Waals surface area contributed by atoms with Gasteiger partial charge >= 0.3 is 6.03 Å². The summed E-state index contributed by atoms with van der Waals surface area (Å²) in [4.78, 5) is 24.6. The van der Waals surface area contributed by atoms with Crippen molar-refractivity contribution >= 4 is 11.9 Å². The molecule has 0 radical (unpaired) electrons. The van der Waals surface area contributed by atoms with Crippen molar-refractivity contribution in [1.29, 1.82) is 5.26 Å². The number of amides is 3. The van der Waals surface area contributed by atoms with Gasteiger partial charge in [-0.05, 0) is 5.56 Å². The molecule has 0 saturated carbocycles. The second-order valence-electron chi connectivity index (χ2n) is 3.69. The summed E-state index contributed by atoms with van der Waals surface area (Å²) in [7, 11) is 0. The van der Waals surface area contributed by atoms with Gasteiger partial charge < -0.3 is 5.32 Å². The van der Waals surface area contributed by atoms with Crippen LogP contribution in [0.25, 0.3) is 0 Å². The quantitative estimate of drug-likeness (QED) is 0.791. The van der Waals surface area contributed by atoms with Gasteiger partial charge in [0.15, 0.2) is 0 Å². The smallest absolute Gasteiger partial charge is 0.322 e. The van der Waals surface area contributed by atoms with Crippen molar-refractivity contribution in [3.05, 3.63) is 35.9 Å². The number of hydrogen-bond donors (Lipinski definition) is 1. The third-order valence-corrected chi connectivity index (χ3v) is 2.61. The standard InChI is InChI=1S/C12H11N3O2/c13-7-4-8-15-11(16)10(14-12(15)17)9-5-2-1-3-6-9/h1-3,5-6,10H,4,8H2,(H,14,17). The van der Waals surface area contributed by atoms with Crippen molar-refractivity contribution in [2.24, 2.45) is 0 Å². The van der Waals surface area contributed by atoms with Gasteiger partial charge in [0.1, 0.15) is 6.04 Å². The number of carbonyl (C=O) groups is 2. The van der Waals surface area contributed by atoms with Gasteiger partial charge in [-0.3, -0.25) is 9.69 Å². The predicted molar refractivity (Wildman–Crippen MR) is 59.7 cm³/mol. The van der Waals surface area contributed by atoms with E-state index in [0.29, 0.717) is 0 Å². The number of nitriles is 1. The van der Waals surface area contributed by atoms with Crippen LogP contribution in [0.5, 0.6) is 0 Å². The minimum atomic E-state index is -0.623. The summed E-state index contributed by atoms with van der Waals surface area (Å²) in [6, 6.07) is 9.91. The summed E-state index contributed by atoms with van der Waals surface area (Å²) in [6.07, 6.45) is 0.153. The van der Waals surface area contributed by atoms with Gasteiger partial charge in [0, 0.05) is 6.54 Å². The van der Waals surface area contributed by atoms with E-state index in [0.717, 1.165) is 10.5 Å². The van der Waals surface area contributed by atoms with Crippen LogP contribution in [0.3, 0.4) is 0 Å². The lowest BCUT2D eigenvalue weighted by molar-refractivity contribution is -0.127. The maximum atomic E-state index is 12.0. The molecule has 1 N–H and O–H groups in total. The fourth-order valence-corrected chi connectivity index (χ4v) is 1.76. The Morgan fingerprint density at radius 3 is 2.65 bits per heavy atom. The van der Waals surface area contributed by atoms with Crippen molar-refractivity contribution < 1.29 is 9.59 Å². The van der Waals surface area contributed by atoms with Crippen LogP contribution >= 0.6 is 0 Å². The average molecular weight is 229 g/mol. The summed E-state index contributed by atoms with van der Waals surface area (Å²) in [5.41, 5.74) is 0.755. The molecule has 1 aliphatic heterocycles. The van der Waals surface area contributed by atoms with Gasteiger partial charge in [-0.15, -0.1) is 0 Å². The first-order valence-corrected chi connectivity index (χ1v) is 5.28. The number of nitrogens with zero attached hydrogens (tertiary/aromatic N) is 2. The molecular formula is C12H11N3O2. The predicted octanol–water partition coefficient (Wildman–Crippen LogP) is 1.19. The summed E-state index contributed by atoms with van der Waals surface area (Å²) in [6.45, 7) is 0.143. The zero-order valence-corrected chi connectivity index (χ0v) is 9.09. The lowest BCUT2D eigenvalue weighted by Gasteiger charge is -2.10. The topological polar surface area (TPSA) is 73.2 Å². The molecule has 1 aliphatic rings. The van der Waals surface area contributed by atoms with Crippen LogP contribution in [-0.4, -0.2) is 23.4 Å². The minimum absolute atomic E-state index is 0.143. The zero-order valence-electron chi connectivity index (χ0n) is 9.09. The van der Waals surface area contributed by atoms with Crippen molar-refractivity contribution in [3.8, 4) is 6.07 Å². The Bertz CT molecular complexity index is 478. The molecule has 1 fully saturated rings. The first kappa shape index (κ1) is 11.1. The average Bonchev–Trinajstić information content (AvgIpc) is 2.64. The van der Waals surface area contributed by atoms with Crippen LogP contribution in [0.4, 0.5) is 4.79 Å². The summed E-state index contributed by atoms with van der Waals surface area (Å²) in [5, 5.41) is 11.1. The van der Waals surface area contributed by atoms with Crippen molar-refractivity contribution in [3.63, 3.8) is 0 Å². The fourth-order valence-electron chi connectivity index (χ4n) is 1.76. The molecule has 1 aromatic rings. The highest BCUT2D eigenvalue weighted by molar-refractivity contribution is 6.04. The van der Waals surface area contributed by atoms with E-state index in [1.165, 1.54) is 0 Å². The zero-order chi connectivity index (χ0) is 12.3. The molecule has 5 heteroatoms. The Balaban J connectivity index is 2.16. The van der Waals surface area contributed by atoms with Crippen LogP contribution in [0, 0.1) is 11.3 Å². The molecule has 1 unspecified atom stereocenters. The van der Waals surface area contributed by atoms with E-state index in [4.69, 9.17) is 5.26 Å². The number of benzene rings is 1. The number of rotatable bonds is 3. The summed E-state index contributed by atoms with van der Waals surface area (Å²) in [5.74, 6) is -0.295. The van der Waals surface area contributed by atoms with E-state index in [2.05, 4.69) is 5.32 Å². The van der Waals surface area contributed by atoms with Crippen LogP contribution in [-0.2, 0) is 4.79 Å². The van der Waals surface area contributed by atoms with Crippen molar-refractivity contribution in [2.75, 3.05) is 6.54 Å². The summed E-state index contributed by atoms with van der Waals surface area (Å²) < 4.78 is 0. The Morgan fingerprint density at radius 2 is 2.00 bits per heavy atom. The Hall–Kier alpha value is -2.35. The second-order valence-corrected chi connectivity index (χ2v) is 3.69. The molecule has 86 valence electrons. The second kappa shape index (κ2) is 4.66. The van der Waals surface area contributed by atoms with Crippen LogP contribution in [0.1, 0.15) is 18.0 Å². The Morgan fingerprint density at radius 1 is 1.29 bits per heavy atom. The Labute approximate surface area is 98.6 Å². The van der Waals surface area contributed by atoms with Crippen molar-refractivity contribution in [2.45, 2.75) is 12.5 Å². The molecule has 1 atom stereocenters. The molecule has 0 aliphatic carbocycles. The van der Waals surface area contributed by atoms with E-state index in [1.807, 2.05) is 24.3 Å². The minimum Gasteiger partial charge on any atom is -0.322 e. The van der Waals surface area contributed by atoms with Gasteiger partial charge in [0.2, 0.25) is 0 Å².